The Hall–Kier alpha value is -2.87. The van der Waals surface area contributed by atoms with Crippen LogP contribution in [0.1, 0.15) is 15.9 Å². The van der Waals surface area contributed by atoms with E-state index in [9.17, 15) is 14.4 Å². The summed E-state index contributed by atoms with van der Waals surface area (Å²) in [7, 11) is 1.59. The molecule has 0 bridgehead atoms. The van der Waals surface area contributed by atoms with Gasteiger partial charge in [0.1, 0.15) is 5.02 Å². The standard InChI is InChI=1S/C21H16Cl3N3O4/c1-26(11-13-5-4-6-14(22)9-13)18(28)12-31-21(30)15-7-2-3-8-17(15)27-20(29)19(24)16(23)10-25-27/h2-10H,11-12H2,1H3. The molecule has 0 fully saturated rings. The number of hydrogen-bond acceptors (Lipinski definition) is 5. The first-order chi connectivity index (χ1) is 14.8. The van der Waals surface area contributed by atoms with Crippen LogP contribution in [0.25, 0.3) is 5.69 Å². The van der Waals surface area contributed by atoms with Crippen molar-refractivity contribution in [2.75, 3.05) is 13.7 Å². The van der Waals surface area contributed by atoms with Gasteiger partial charge in [-0.2, -0.15) is 9.78 Å². The molecule has 31 heavy (non-hydrogen) atoms. The first kappa shape index (κ1) is 22.8. The first-order valence-electron chi connectivity index (χ1n) is 8.96. The van der Waals surface area contributed by atoms with Crippen molar-refractivity contribution >= 4 is 46.7 Å². The number of amides is 1. The van der Waals surface area contributed by atoms with Crippen molar-refractivity contribution in [2.45, 2.75) is 6.54 Å². The normalized spacial score (nSPS) is 10.6. The molecule has 10 heteroatoms. The fraction of sp³-hybridized carbons (Fsp3) is 0.143. The maximum atomic E-state index is 12.6. The van der Waals surface area contributed by atoms with E-state index in [-0.39, 0.29) is 21.3 Å². The first-order valence-corrected chi connectivity index (χ1v) is 10.1. The summed E-state index contributed by atoms with van der Waals surface area (Å²) in [6.07, 6.45) is 1.20. The average molecular weight is 481 g/mol. The second kappa shape index (κ2) is 9.96. The van der Waals surface area contributed by atoms with Gasteiger partial charge in [0.05, 0.1) is 22.5 Å². The third-order valence-electron chi connectivity index (χ3n) is 4.29. The van der Waals surface area contributed by atoms with E-state index in [1.807, 2.05) is 6.07 Å². The molecule has 0 aliphatic heterocycles. The van der Waals surface area contributed by atoms with E-state index in [1.54, 1.807) is 37.4 Å². The number of hydrogen-bond donors (Lipinski definition) is 0. The lowest BCUT2D eigenvalue weighted by Gasteiger charge is -2.17. The summed E-state index contributed by atoms with van der Waals surface area (Å²) >= 11 is 17.7. The zero-order valence-electron chi connectivity index (χ0n) is 16.2. The van der Waals surface area contributed by atoms with Crippen LogP contribution in [0, 0.1) is 0 Å². The topological polar surface area (TPSA) is 81.5 Å². The molecule has 1 heterocycles. The molecule has 0 saturated carbocycles. The summed E-state index contributed by atoms with van der Waals surface area (Å²) in [5, 5.41) is 4.26. The molecule has 1 amide bonds. The summed E-state index contributed by atoms with van der Waals surface area (Å²) < 4.78 is 6.11. The second-order valence-corrected chi connectivity index (χ2v) is 7.72. The number of halogens is 3. The van der Waals surface area contributed by atoms with Gasteiger partial charge >= 0.3 is 5.97 Å². The molecule has 7 nitrogen and oxygen atoms in total. The molecule has 1 aromatic heterocycles. The third kappa shape index (κ3) is 5.44. The second-order valence-electron chi connectivity index (χ2n) is 6.50. The number of esters is 1. The highest BCUT2D eigenvalue weighted by Crippen LogP contribution is 2.19. The van der Waals surface area contributed by atoms with Crippen molar-refractivity contribution in [3.05, 3.63) is 91.3 Å². The third-order valence-corrected chi connectivity index (χ3v) is 5.27. The lowest BCUT2D eigenvalue weighted by molar-refractivity contribution is -0.133. The Bertz CT molecular complexity index is 1200. The van der Waals surface area contributed by atoms with Gasteiger partial charge in [-0.3, -0.25) is 9.59 Å². The molecule has 0 atom stereocenters. The Morgan fingerprint density at radius 3 is 2.58 bits per heavy atom. The van der Waals surface area contributed by atoms with Gasteiger partial charge in [0, 0.05) is 18.6 Å². The Labute approximate surface area is 192 Å². The van der Waals surface area contributed by atoms with Crippen LogP contribution in [0.15, 0.2) is 59.5 Å². The summed E-state index contributed by atoms with van der Waals surface area (Å²) in [4.78, 5) is 38.8. The predicted molar refractivity (Wildman–Crippen MR) is 118 cm³/mol. The molecule has 0 radical (unpaired) electrons. The van der Waals surface area contributed by atoms with Crippen LogP contribution in [-0.2, 0) is 16.1 Å². The molecule has 0 N–H and O–H groups in total. The van der Waals surface area contributed by atoms with Gasteiger partial charge in [0.2, 0.25) is 0 Å². The largest absolute Gasteiger partial charge is 0.452 e. The number of aromatic nitrogens is 2. The number of benzene rings is 2. The molecule has 0 aliphatic carbocycles. The Morgan fingerprint density at radius 2 is 1.84 bits per heavy atom. The minimum absolute atomic E-state index is 0.00342. The van der Waals surface area contributed by atoms with Crippen LogP contribution in [0.4, 0.5) is 0 Å². The van der Waals surface area contributed by atoms with Crippen molar-refractivity contribution in [2.24, 2.45) is 0 Å². The van der Waals surface area contributed by atoms with E-state index < -0.39 is 24.0 Å². The average Bonchev–Trinajstić information content (AvgIpc) is 2.75. The molecule has 2 aromatic carbocycles. The van der Waals surface area contributed by atoms with Crippen molar-refractivity contribution in [1.82, 2.24) is 14.7 Å². The van der Waals surface area contributed by atoms with E-state index in [1.165, 1.54) is 23.2 Å². The number of nitrogens with zero attached hydrogens (tertiary/aromatic N) is 3. The van der Waals surface area contributed by atoms with E-state index in [2.05, 4.69) is 5.10 Å². The van der Waals surface area contributed by atoms with Crippen molar-refractivity contribution in [3.63, 3.8) is 0 Å². The number of carbonyl (C=O) groups excluding carboxylic acids is 2. The Balaban J connectivity index is 1.72. The lowest BCUT2D eigenvalue weighted by Crippen LogP contribution is -2.31. The Kier molecular flexibility index (Phi) is 7.33. The zero-order chi connectivity index (χ0) is 22.5. The van der Waals surface area contributed by atoms with E-state index in [0.29, 0.717) is 11.6 Å². The van der Waals surface area contributed by atoms with Gasteiger partial charge < -0.3 is 9.64 Å². The van der Waals surface area contributed by atoms with E-state index in [0.717, 1.165) is 10.2 Å². The SMILES string of the molecule is CN(Cc1cccc(Cl)c1)C(=O)COC(=O)c1ccccc1-n1ncc(Cl)c(Cl)c1=O. The summed E-state index contributed by atoms with van der Waals surface area (Å²) in [5.41, 5.74) is 0.341. The highest BCUT2D eigenvalue weighted by Gasteiger charge is 2.19. The smallest absolute Gasteiger partial charge is 0.340 e. The van der Waals surface area contributed by atoms with Gasteiger partial charge in [0.15, 0.2) is 6.61 Å². The van der Waals surface area contributed by atoms with Crippen LogP contribution in [0.2, 0.25) is 15.1 Å². The number of rotatable bonds is 6. The quantitative estimate of drug-likeness (QED) is 0.498. The van der Waals surface area contributed by atoms with Crippen LogP contribution >= 0.6 is 34.8 Å². The monoisotopic (exact) mass is 479 g/mol. The highest BCUT2D eigenvalue weighted by atomic mass is 35.5. The van der Waals surface area contributed by atoms with Gasteiger partial charge in [0.25, 0.3) is 11.5 Å². The Morgan fingerprint density at radius 1 is 1.10 bits per heavy atom. The van der Waals surface area contributed by atoms with E-state index in [4.69, 9.17) is 39.5 Å². The van der Waals surface area contributed by atoms with Crippen molar-refractivity contribution in [3.8, 4) is 5.69 Å². The molecule has 0 aliphatic rings. The van der Waals surface area contributed by atoms with Crippen LogP contribution in [0.5, 0.6) is 0 Å². The number of ether oxygens (including phenoxy) is 1. The van der Waals surface area contributed by atoms with Gasteiger partial charge in [-0.15, -0.1) is 0 Å². The number of likely N-dealkylation sites (N-methyl/N-ethyl adjacent to an activating group) is 1. The fourth-order valence-corrected chi connectivity index (χ4v) is 3.19. The maximum Gasteiger partial charge on any atom is 0.340 e. The molecule has 3 aromatic rings. The molecule has 160 valence electrons. The highest BCUT2D eigenvalue weighted by molar-refractivity contribution is 6.41. The van der Waals surface area contributed by atoms with E-state index >= 15 is 0 Å². The molecular formula is C21H16Cl3N3O4. The molecular weight excluding hydrogens is 465 g/mol. The molecule has 0 saturated heterocycles. The summed E-state index contributed by atoms with van der Waals surface area (Å²) in [6.45, 7) is -0.177. The number of carbonyl (C=O) groups is 2. The summed E-state index contributed by atoms with van der Waals surface area (Å²) in [6, 6.07) is 13.3. The van der Waals surface area contributed by atoms with Gasteiger partial charge in [-0.05, 0) is 29.8 Å². The summed E-state index contributed by atoms with van der Waals surface area (Å²) in [5.74, 6) is -1.20. The van der Waals surface area contributed by atoms with Crippen LogP contribution in [0.3, 0.4) is 0 Å². The maximum absolute atomic E-state index is 12.6. The molecule has 3 rings (SSSR count). The fourth-order valence-electron chi connectivity index (χ4n) is 2.73. The lowest BCUT2D eigenvalue weighted by atomic mass is 10.2. The van der Waals surface area contributed by atoms with Gasteiger partial charge in [-0.25, -0.2) is 4.79 Å². The van der Waals surface area contributed by atoms with Crippen LogP contribution < -0.4 is 5.56 Å². The minimum Gasteiger partial charge on any atom is -0.452 e. The van der Waals surface area contributed by atoms with Crippen molar-refractivity contribution in [1.29, 1.82) is 0 Å². The van der Waals surface area contributed by atoms with Gasteiger partial charge in [-0.1, -0.05) is 59.1 Å². The molecule has 0 spiro atoms. The zero-order valence-corrected chi connectivity index (χ0v) is 18.5. The van der Waals surface area contributed by atoms with Crippen molar-refractivity contribution < 1.29 is 14.3 Å². The van der Waals surface area contributed by atoms with Crippen LogP contribution in [-0.4, -0.2) is 40.2 Å². The number of para-hydroxylation sites is 1. The molecule has 0 unspecified atom stereocenters. The minimum atomic E-state index is -0.792. The predicted octanol–water partition coefficient (Wildman–Crippen LogP) is 4.01.